The second-order valence-electron chi connectivity index (χ2n) is 6.45. The molecule has 0 aliphatic carbocycles. The summed E-state index contributed by atoms with van der Waals surface area (Å²) in [5, 5.41) is 18.7. The molecule has 14 heteroatoms. The molecule has 4 N–H and O–H groups in total. The molecule has 2 heterocycles. The van der Waals surface area contributed by atoms with Crippen molar-refractivity contribution in [3.05, 3.63) is 61.4 Å². The van der Waals surface area contributed by atoms with Crippen LogP contribution < -0.4 is 10.2 Å². The number of aromatic nitrogens is 2. The average molecular weight is 526 g/mol. The number of pyridine rings is 2. The van der Waals surface area contributed by atoms with Crippen LogP contribution in [0, 0.1) is 0 Å². The summed E-state index contributed by atoms with van der Waals surface area (Å²) in [6, 6.07) is 5.67. The van der Waals surface area contributed by atoms with Gasteiger partial charge in [-0.15, -0.1) is 0 Å². The van der Waals surface area contributed by atoms with E-state index in [1.807, 2.05) is 0 Å². The number of fused-ring (bicyclic) bond motifs is 1. The molecule has 1 aromatic carbocycles. The van der Waals surface area contributed by atoms with Gasteiger partial charge in [-0.1, -0.05) is 40.9 Å². The fourth-order valence-corrected chi connectivity index (χ4v) is 3.98. The van der Waals surface area contributed by atoms with Gasteiger partial charge in [0.05, 0.1) is 51.4 Å². The maximum absolute atomic E-state index is 12.9. The molecular formula is C18H16Cl3N2O8P. The summed E-state index contributed by atoms with van der Waals surface area (Å²) in [7, 11) is -4.89. The molecule has 1 atom stereocenters. The summed E-state index contributed by atoms with van der Waals surface area (Å²) in [5.74, 6) is -0.193. The smallest absolute Gasteiger partial charge is 0.469 e. The van der Waals surface area contributed by atoms with Crippen molar-refractivity contribution >= 4 is 53.5 Å². The molecule has 0 fully saturated rings. The summed E-state index contributed by atoms with van der Waals surface area (Å²) >= 11 is 19.1. The first-order valence-corrected chi connectivity index (χ1v) is 11.5. The molecular weight excluding hydrogens is 510 g/mol. The van der Waals surface area contributed by atoms with Crippen LogP contribution in [0.25, 0.3) is 16.6 Å². The highest BCUT2D eigenvalue weighted by atomic mass is 35.5. The van der Waals surface area contributed by atoms with E-state index in [0.717, 1.165) is 6.07 Å². The highest BCUT2D eigenvalue weighted by Gasteiger charge is 2.24. The zero-order valence-electron chi connectivity index (χ0n) is 16.0. The molecule has 0 radical (unpaired) electrons. The van der Waals surface area contributed by atoms with Crippen molar-refractivity contribution in [1.82, 2.24) is 9.55 Å². The maximum Gasteiger partial charge on any atom is 0.469 e. The highest BCUT2D eigenvalue weighted by molar-refractivity contribution is 7.46. The lowest BCUT2D eigenvalue weighted by Gasteiger charge is -2.21. The van der Waals surface area contributed by atoms with E-state index in [-0.39, 0.29) is 49.8 Å². The Balaban J connectivity index is 2.36. The first-order chi connectivity index (χ1) is 15.0. The van der Waals surface area contributed by atoms with Crippen molar-refractivity contribution in [1.29, 1.82) is 0 Å². The Morgan fingerprint density at radius 1 is 1.16 bits per heavy atom. The molecule has 32 heavy (non-hydrogen) atoms. The molecule has 0 amide bonds. The zero-order valence-corrected chi connectivity index (χ0v) is 19.1. The Morgan fingerprint density at radius 2 is 1.81 bits per heavy atom. The molecule has 2 aromatic heterocycles. The molecule has 0 bridgehead atoms. The number of ether oxygens (including phenoxy) is 1. The minimum atomic E-state index is -4.89. The normalized spacial score (nSPS) is 12.8. The van der Waals surface area contributed by atoms with Crippen LogP contribution in [0.1, 0.15) is 5.69 Å². The summed E-state index contributed by atoms with van der Waals surface area (Å²) in [4.78, 5) is 35.2. The summed E-state index contributed by atoms with van der Waals surface area (Å²) in [6.07, 6.45) is -0.0440. The summed E-state index contributed by atoms with van der Waals surface area (Å²) in [6.45, 7) is -1.63. The SMILES string of the molecule is O=c1cc(COP(=O)(O)O)n(-c2c(Cl)cccc2Cl)c2c(Cl)cnc(OCC(O)CO)c12. The standard InChI is InChI=1S/C18H16Cl3N2O8P/c19-11-2-1-3-12(20)16(11)23-9(7-31-32(27,28)29)4-14(26)15-17(23)13(21)5-22-18(15)30-8-10(25)6-24/h1-5,10,24-25H,6-8H2,(H2,27,28,29). The Morgan fingerprint density at radius 3 is 2.41 bits per heavy atom. The highest BCUT2D eigenvalue weighted by Crippen LogP contribution is 2.39. The van der Waals surface area contributed by atoms with Crippen molar-refractivity contribution in [3.8, 4) is 11.6 Å². The lowest BCUT2D eigenvalue weighted by atomic mass is 10.1. The Kier molecular flexibility index (Phi) is 7.82. The summed E-state index contributed by atoms with van der Waals surface area (Å²) < 4.78 is 22.6. The molecule has 0 saturated heterocycles. The topological polar surface area (TPSA) is 151 Å². The number of aliphatic hydroxyl groups excluding tert-OH is 2. The van der Waals surface area contributed by atoms with Crippen LogP contribution in [0.15, 0.2) is 35.3 Å². The number of para-hydroxylation sites is 1. The minimum absolute atomic E-state index is 0.0183. The van der Waals surface area contributed by atoms with Crippen LogP contribution in [0.5, 0.6) is 5.88 Å². The van der Waals surface area contributed by atoms with Gasteiger partial charge < -0.3 is 29.3 Å². The van der Waals surface area contributed by atoms with Crippen molar-refractivity contribution in [3.63, 3.8) is 0 Å². The first-order valence-electron chi connectivity index (χ1n) is 8.82. The summed E-state index contributed by atoms with van der Waals surface area (Å²) in [5.41, 5.74) is -0.482. The third-order valence-electron chi connectivity index (χ3n) is 4.19. The average Bonchev–Trinajstić information content (AvgIpc) is 2.72. The van der Waals surface area contributed by atoms with Crippen molar-refractivity contribution in [2.24, 2.45) is 0 Å². The number of hydrogen-bond donors (Lipinski definition) is 4. The number of nitrogens with zero attached hydrogens (tertiary/aromatic N) is 2. The maximum atomic E-state index is 12.9. The monoisotopic (exact) mass is 524 g/mol. The van der Waals surface area contributed by atoms with E-state index < -0.39 is 32.6 Å². The third-order valence-corrected chi connectivity index (χ3v) is 5.54. The predicted molar refractivity (Wildman–Crippen MR) is 118 cm³/mol. The molecule has 0 spiro atoms. The lowest BCUT2D eigenvalue weighted by Crippen LogP contribution is -2.23. The molecule has 172 valence electrons. The molecule has 0 saturated carbocycles. The van der Waals surface area contributed by atoms with Gasteiger partial charge in [-0.05, 0) is 12.1 Å². The largest absolute Gasteiger partial charge is 0.474 e. The van der Waals surface area contributed by atoms with Crippen LogP contribution >= 0.6 is 42.6 Å². The van der Waals surface area contributed by atoms with Gasteiger partial charge in [0.15, 0.2) is 5.43 Å². The van der Waals surface area contributed by atoms with Gasteiger partial charge >= 0.3 is 7.82 Å². The molecule has 3 aromatic rings. The van der Waals surface area contributed by atoms with Crippen LogP contribution in [-0.2, 0) is 15.7 Å². The number of rotatable bonds is 8. The van der Waals surface area contributed by atoms with Crippen LogP contribution in [0.3, 0.4) is 0 Å². The fraction of sp³-hybridized carbons (Fsp3) is 0.222. The quantitative estimate of drug-likeness (QED) is 0.325. The third kappa shape index (κ3) is 5.43. The van der Waals surface area contributed by atoms with Gasteiger partial charge in [0, 0.05) is 6.07 Å². The number of halogens is 3. The molecule has 3 rings (SSSR count). The van der Waals surface area contributed by atoms with Gasteiger partial charge in [-0.25, -0.2) is 9.55 Å². The van der Waals surface area contributed by atoms with Crippen molar-refractivity contribution < 1.29 is 33.8 Å². The number of benzene rings is 1. The number of aliphatic hydroxyl groups is 2. The molecule has 0 aliphatic heterocycles. The van der Waals surface area contributed by atoms with Gasteiger partial charge in [0.2, 0.25) is 5.88 Å². The predicted octanol–water partition coefficient (Wildman–Crippen LogP) is 2.69. The Labute approximate surface area is 195 Å². The second-order valence-corrected chi connectivity index (χ2v) is 8.91. The van der Waals surface area contributed by atoms with E-state index in [1.54, 1.807) is 6.07 Å². The van der Waals surface area contributed by atoms with E-state index in [1.165, 1.54) is 22.9 Å². The second kappa shape index (κ2) is 10.0. The van der Waals surface area contributed by atoms with Gasteiger partial charge in [0.1, 0.15) is 18.1 Å². The zero-order chi connectivity index (χ0) is 23.6. The fourth-order valence-electron chi connectivity index (χ4n) is 2.89. The first kappa shape index (κ1) is 24.9. The number of phosphoric ester groups is 1. The van der Waals surface area contributed by atoms with Gasteiger partial charge in [-0.3, -0.25) is 9.32 Å². The van der Waals surface area contributed by atoms with E-state index in [0.29, 0.717) is 0 Å². The van der Waals surface area contributed by atoms with Crippen molar-refractivity contribution in [2.45, 2.75) is 12.7 Å². The lowest BCUT2D eigenvalue weighted by molar-refractivity contribution is 0.0526. The van der Waals surface area contributed by atoms with E-state index in [2.05, 4.69) is 9.51 Å². The minimum Gasteiger partial charge on any atom is -0.474 e. The van der Waals surface area contributed by atoms with E-state index in [9.17, 15) is 14.5 Å². The molecule has 0 aliphatic rings. The number of hydrogen-bond acceptors (Lipinski definition) is 7. The molecule has 10 nitrogen and oxygen atoms in total. The van der Waals surface area contributed by atoms with Gasteiger partial charge in [0.25, 0.3) is 0 Å². The molecule has 1 unspecified atom stereocenters. The number of phosphoric acid groups is 1. The van der Waals surface area contributed by atoms with E-state index in [4.69, 9.17) is 54.4 Å². The van der Waals surface area contributed by atoms with Crippen LogP contribution in [-0.4, -0.2) is 48.9 Å². The van der Waals surface area contributed by atoms with Crippen LogP contribution in [0.2, 0.25) is 15.1 Å². The van der Waals surface area contributed by atoms with Crippen LogP contribution in [0.4, 0.5) is 0 Å². The Bertz CT molecular complexity index is 1240. The Hall–Kier alpha value is -1.72. The van der Waals surface area contributed by atoms with Crippen molar-refractivity contribution in [2.75, 3.05) is 13.2 Å². The van der Waals surface area contributed by atoms with Gasteiger partial charge in [-0.2, -0.15) is 0 Å². The van der Waals surface area contributed by atoms with E-state index >= 15 is 0 Å².